The highest BCUT2D eigenvalue weighted by molar-refractivity contribution is 5.48. The summed E-state index contributed by atoms with van der Waals surface area (Å²) in [7, 11) is 0. The fraction of sp³-hybridized carbons (Fsp3) is 0.368. The minimum Gasteiger partial charge on any atom is -0.389 e. The van der Waals surface area contributed by atoms with Crippen molar-refractivity contribution in [1.29, 1.82) is 0 Å². The highest BCUT2D eigenvalue weighted by atomic mass is 16.3. The van der Waals surface area contributed by atoms with Crippen molar-refractivity contribution in [3.63, 3.8) is 0 Å². The first-order chi connectivity index (χ1) is 10.3. The van der Waals surface area contributed by atoms with Gasteiger partial charge >= 0.3 is 0 Å². The molecule has 1 fully saturated rings. The summed E-state index contributed by atoms with van der Waals surface area (Å²) in [4.78, 5) is 0. The number of benzene rings is 2. The zero-order valence-electron chi connectivity index (χ0n) is 12.2. The Morgan fingerprint density at radius 2 is 1.52 bits per heavy atom. The lowest BCUT2D eigenvalue weighted by Crippen LogP contribution is -2.47. The summed E-state index contributed by atoms with van der Waals surface area (Å²) in [5.74, 6) is 0. The maximum Gasteiger partial charge on any atom is 0.0771 e. The molecule has 2 aromatic carbocycles. The van der Waals surface area contributed by atoms with Crippen molar-refractivity contribution < 1.29 is 5.11 Å². The second kappa shape index (κ2) is 4.97. The van der Waals surface area contributed by atoms with Gasteiger partial charge < -0.3 is 10.4 Å². The van der Waals surface area contributed by atoms with Crippen molar-refractivity contribution in [2.24, 2.45) is 0 Å². The summed E-state index contributed by atoms with van der Waals surface area (Å²) in [5, 5.41) is 14.0. The molecule has 0 aliphatic heterocycles. The minimum absolute atomic E-state index is 0.204. The largest absolute Gasteiger partial charge is 0.389 e. The molecule has 0 unspecified atom stereocenters. The zero-order chi connectivity index (χ0) is 14.3. The number of nitrogens with one attached hydrogen (secondary N) is 1. The highest BCUT2D eigenvalue weighted by Gasteiger charge is 2.35. The molecule has 2 aliphatic carbocycles. The third kappa shape index (κ3) is 2.29. The molecule has 0 heterocycles. The van der Waals surface area contributed by atoms with Gasteiger partial charge in [-0.2, -0.15) is 0 Å². The van der Waals surface area contributed by atoms with E-state index in [0.717, 1.165) is 25.7 Å². The third-order valence-electron chi connectivity index (χ3n) is 5.03. The standard InChI is InChI=1S/C19H21NO/c21-19(10-5-11-19)13-20-18-16-8-3-1-6-14(16)12-15-7-2-4-9-17(15)18/h1-4,6-9,18,20-21H,5,10-13H2. The number of fused-ring (bicyclic) bond motifs is 2. The van der Waals surface area contributed by atoms with Crippen LogP contribution in [0.2, 0.25) is 0 Å². The van der Waals surface area contributed by atoms with Crippen LogP contribution in [-0.4, -0.2) is 17.3 Å². The molecule has 2 aromatic rings. The average Bonchev–Trinajstić information content (AvgIpc) is 2.49. The molecular formula is C19H21NO. The van der Waals surface area contributed by atoms with E-state index >= 15 is 0 Å². The van der Waals surface area contributed by atoms with Crippen LogP contribution in [-0.2, 0) is 6.42 Å². The Kier molecular flexibility index (Phi) is 3.09. The molecule has 2 nitrogen and oxygen atoms in total. The van der Waals surface area contributed by atoms with Crippen LogP contribution in [0.4, 0.5) is 0 Å². The average molecular weight is 279 g/mol. The number of aliphatic hydroxyl groups is 1. The predicted octanol–water partition coefficient (Wildman–Crippen LogP) is 3.18. The van der Waals surface area contributed by atoms with Crippen LogP contribution in [0.1, 0.15) is 47.6 Å². The van der Waals surface area contributed by atoms with Crippen molar-refractivity contribution in [1.82, 2.24) is 5.32 Å². The van der Waals surface area contributed by atoms with E-state index in [1.54, 1.807) is 0 Å². The van der Waals surface area contributed by atoms with Gasteiger partial charge in [0.1, 0.15) is 0 Å². The third-order valence-corrected chi connectivity index (χ3v) is 5.03. The van der Waals surface area contributed by atoms with Gasteiger partial charge in [0, 0.05) is 6.54 Å². The second-order valence-corrected chi connectivity index (χ2v) is 6.47. The normalized spacial score (nSPS) is 19.5. The minimum atomic E-state index is -0.485. The molecule has 0 atom stereocenters. The van der Waals surface area contributed by atoms with Gasteiger partial charge in [-0.25, -0.2) is 0 Å². The Labute approximate surface area is 125 Å². The van der Waals surface area contributed by atoms with E-state index in [4.69, 9.17) is 0 Å². The van der Waals surface area contributed by atoms with E-state index < -0.39 is 5.60 Å². The molecule has 0 spiro atoms. The Morgan fingerprint density at radius 1 is 0.952 bits per heavy atom. The van der Waals surface area contributed by atoms with Crippen molar-refractivity contribution in [3.8, 4) is 0 Å². The highest BCUT2D eigenvalue weighted by Crippen LogP contribution is 2.36. The van der Waals surface area contributed by atoms with Crippen LogP contribution in [0.25, 0.3) is 0 Å². The lowest BCUT2D eigenvalue weighted by atomic mass is 9.78. The fourth-order valence-electron chi connectivity index (χ4n) is 3.60. The van der Waals surface area contributed by atoms with Crippen LogP contribution in [0.3, 0.4) is 0 Å². The molecule has 4 rings (SSSR count). The van der Waals surface area contributed by atoms with E-state index in [-0.39, 0.29) is 6.04 Å². The molecule has 0 aromatic heterocycles. The van der Waals surface area contributed by atoms with E-state index in [1.165, 1.54) is 22.3 Å². The van der Waals surface area contributed by atoms with E-state index in [9.17, 15) is 5.11 Å². The van der Waals surface area contributed by atoms with Crippen molar-refractivity contribution in [2.75, 3.05) is 6.54 Å². The van der Waals surface area contributed by atoms with Crippen molar-refractivity contribution >= 4 is 0 Å². The summed E-state index contributed by atoms with van der Waals surface area (Å²) in [5.41, 5.74) is 5.03. The van der Waals surface area contributed by atoms with Gasteiger partial charge in [-0.15, -0.1) is 0 Å². The zero-order valence-corrected chi connectivity index (χ0v) is 12.2. The summed E-state index contributed by atoms with van der Waals surface area (Å²) >= 11 is 0. The number of hydrogen-bond donors (Lipinski definition) is 2. The van der Waals surface area contributed by atoms with Gasteiger partial charge in [-0.1, -0.05) is 48.5 Å². The van der Waals surface area contributed by atoms with Crippen LogP contribution < -0.4 is 5.32 Å². The van der Waals surface area contributed by atoms with Crippen molar-refractivity contribution in [3.05, 3.63) is 70.8 Å². The van der Waals surface area contributed by atoms with Gasteiger partial charge in [0.25, 0.3) is 0 Å². The molecule has 0 saturated heterocycles. The lowest BCUT2D eigenvalue weighted by Gasteiger charge is -2.39. The molecule has 2 aliphatic rings. The molecular weight excluding hydrogens is 258 g/mol. The van der Waals surface area contributed by atoms with Gasteiger partial charge in [0.05, 0.1) is 11.6 Å². The van der Waals surface area contributed by atoms with Gasteiger partial charge in [-0.3, -0.25) is 0 Å². The van der Waals surface area contributed by atoms with E-state index in [0.29, 0.717) is 6.54 Å². The Bertz CT molecular complexity index is 615. The molecule has 0 radical (unpaired) electrons. The molecule has 108 valence electrons. The molecule has 0 amide bonds. The monoisotopic (exact) mass is 279 g/mol. The van der Waals surface area contributed by atoms with Gasteiger partial charge in [0.15, 0.2) is 0 Å². The molecule has 21 heavy (non-hydrogen) atoms. The molecule has 1 saturated carbocycles. The van der Waals surface area contributed by atoms with Crippen LogP contribution in [0, 0.1) is 0 Å². The maximum atomic E-state index is 10.4. The molecule has 2 N–H and O–H groups in total. The fourth-order valence-corrected chi connectivity index (χ4v) is 3.60. The Hall–Kier alpha value is -1.64. The second-order valence-electron chi connectivity index (χ2n) is 6.47. The van der Waals surface area contributed by atoms with Gasteiger partial charge in [0.2, 0.25) is 0 Å². The first kappa shape index (κ1) is 13.1. The van der Waals surface area contributed by atoms with Crippen LogP contribution in [0.5, 0.6) is 0 Å². The lowest BCUT2D eigenvalue weighted by molar-refractivity contribution is -0.0325. The Morgan fingerprint density at radius 3 is 2.05 bits per heavy atom. The summed E-state index contributed by atoms with van der Waals surface area (Å²) in [6.45, 7) is 0.681. The van der Waals surface area contributed by atoms with Gasteiger partial charge in [-0.05, 0) is 47.9 Å². The first-order valence-corrected chi connectivity index (χ1v) is 7.87. The predicted molar refractivity (Wildman–Crippen MR) is 84.3 cm³/mol. The van der Waals surface area contributed by atoms with Crippen molar-refractivity contribution in [2.45, 2.75) is 37.3 Å². The van der Waals surface area contributed by atoms with E-state index in [1.807, 2.05) is 0 Å². The Balaban J connectivity index is 1.68. The number of rotatable bonds is 3. The summed E-state index contributed by atoms with van der Waals surface area (Å²) in [6.07, 6.45) is 4.01. The topological polar surface area (TPSA) is 32.3 Å². The summed E-state index contributed by atoms with van der Waals surface area (Å²) < 4.78 is 0. The van der Waals surface area contributed by atoms with E-state index in [2.05, 4.69) is 53.8 Å². The summed E-state index contributed by atoms with van der Waals surface area (Å²) in [6, 6.07) is 17.5. The number of hydrogen-bond acceptors (Lipinski definition) is 2. The van der Waals surface area contributed by atoms with Crippen LogP contribution in [0.15, 0.2) is 48.5 Å². The molecule has 2 heteroatoms. The SMILES string of the molecule is OC1(CNC2c3ccccc3Cc3ccccc32)CCC1. The smallest absolute Gasteiger partial charge is 0.0771 e. The first-order valence-electron chi connectivity index (χ1n) is 7.87. The van der Waals surface area contributed by atoms with Crippen LogP contribution >= 0.6 is 0 Å². The molecule has 0 bridgehead atoms. The maximum absolute atomic E-state index is 10.4. The quantitative estimate of drug-likeness (QED) is 0.904.